The van der Waals surface area contributed by atoms with E-state index in [1.807, 2.05) is 11.3 Å². The minimum absolute atomic E-state index is 0.848. The third-order valence-corrected chi connectivity index (χ3v) is 5.08. The zero-order chi connectivity index (χ0) is 13.6. The predicted octanol–water partition coefficient (Wildman–Crippen LogP) is 3.85. The molecule has 0 aliphatic carbocycles. The van der Waals surface area contributed by atoms with Gasteiger partial charge in [0.15, 0.2) is 0 Å². The Balaban J connectivity index is 1.36. The van der Waals surface area contributed by atoms with Gasteiger partial charge in [-0.2, -0.15) is 0 Å². The van der Waals surface area contributed by atoms with Crippen molar-refractivity contribution >= 4 is 21.4 Å². The first-order chi connectivity index (χ1) is 9.92. The van der Waals surface area contributed by atoms with Gasteiger partial charge in [0.25, 0.3) is 0 Å². The van der Waals surface area contributed by atoms with Crippen LogP contribution in [0.2, 0.25) is 0 Å². The van der Waals surface area contributed by atoms with Crippen LogP contribution in [0.3, 0.4) is 0 Å². The molecule has 1 N–H and O–H groups in total. The molecule has 1 aliphatic heterocycles. The van der Waals surface area contributed by atoms with Crippen molar-refractivity contribution in [3.05, 3.63) is 35.2 Å². The van der Waals surface area contributed by atoms with Crippen LogP contribution in [-0.4, -0.2) is 26.3 Å². The van der Waals surface area contributed by atoms with Crippen LogP contribution in [0.4, 0.5) is 0 Å². The van der Waals surface area contributed by atoms with Gasteiger partial charge in [-0.15, -0.1) is 11.3 Å². The van der Waals surface area contributed by atoms with Gasteiger partial charge in [-0.3, -0.25) is 0 Å². The van der Waals surface area contributed by atoms with Gasteiger partial charge in [0.2, 0.25) is 0 Å². The third kappa shape index (κ3) is 3.81. The molecule has 108 valence electrons. The van der Waals surface area contributed by atoms with Crippen LogP contribution in [0.1, 0.15) is 24.8 Å². The van der Waals surface area contributed by atoms with Gasteiger partial charge in [0, 0.05) is 11.3 Å². The van der Waals surface area contributed by atoms with Crippen molar-refractivity contribution in [2.24, 2.45) is 5.92 Å². The summed E-state index contributed by atoms with van der Waals surface area (Å²) in [6.45, 7) is 4.14. The summed E-state index contributed by atoms with van der Waals surface area (Å²) in [6, 6.07) is 8.95. The number of ether oxygens (including phenoxy) is 1. The Hall–Kier alpha value is -0.900. The molecule has 0 bridgehead atoms. The van der Waals surface area contributed by atoms with Crippen molar-refractivity contribution in [1.29, 1.82) is 0 Å². The van der Waals surface area contributed by atoms with Crippen LogP contribution in [-0.2, 0) is 11.2 Å². The Morgan fingerprint density at radius 3 is 2.95 bits per heavy atom. The maximum Gasteiger partial charge on any atom is 0.0506 e. The van der Waals surface area contributed by atoms with Crippen LogP contribution in [0.15, 0.2) is 29.6 Å². The lowest BCUT2D eigenvalue weighted by Crippen LogP contribution is -2.28. The molecular formula is C17H23NOS. The van der Waals surface area contributed by atoms with Crippen molar-refractivity contribution < 1.29 is 4.74 Å². The summed E-state index contributed by atoms with van der Waals surface area (Å²) in [5, 5.41) is 6.93. The van der Waals surface area contributed by atoms with E-state index in [0.29, 0.717) is 0 Å². The molecule has 0 unspecified atom stereocenters. The normalized spacial score (nSPS) is 16.8. The lowest BCUT2D eigenvalue weighted by Gasteiger charge is -2.22. The lowest BCUT2D eigenvalue weighted by molar-refractivity contribution is 0.117. The smallest absolute Gasteiger partial charge is 0.0506 e. The first kappa shape index (κ1) is 14.1. The largest absolute Gasteiger partial charge is 0.381 e. The Bertz CT molecular complexity index is 531. The molecule has 20 heavy (non-hydrogen) atoms. The van der Waals surface area contributed by atoms with Crippen molar-refractivity contribution in [3.8, 4) is 0 Å². The van der Waals surface area contributed by atoms with E-state index < -0.39 is 0 Å². The second kappa shape index (κ2) is 7.21. The quantitative estimate of drug-likeness (QED) is 0.816. The number of thiophene rings is 1. The standard InChI is InChI=1S/C17H23NOS/c1-2-17-16(7-12-20-17)13-15(1)6-11-19-10-5-14-3-8-18-9-4-14/h1-2,7,12-14,18H,3-6,8-11H2. The number of hydrogen-bond donors (Lipinski definition) is 1. The minimum Gasteiger partial charge on any atom is -0.381 e. The van der Waals surface area contributed by atoms with Crippen molar-refractivity contribution in [2.45, 2.75) is 25.7 Å². The SMILES string of the molecule is c1cc2cc(CCOCCC3CCNCC3)ccc2s1. The number of fused-ring (bicyclic) bond motifs is 1. The van der Waals surface area contributed by atoms with Crippen LogP contribution in [0, 0.1) is 5.92 Å². The van der Waals surface area contributed by atoms with Gasteiger partial charge < -0.3 is 10.1 Å². The molecule has 1 aromatic carbocycles. The molecule has 2 nitrogen and oxygen atoms in total. The summed E-state index contributed by atoms with van der Waals surface area (Å²) in [5.74, 6) is 0.874. The first-order valence-corrected chi connectivity index (χ1v) is 8.54. The topological polar surface area (TPSA) is 21.3 Å². The highest BCUT2D eigenvalue weighted by Crippen LogP contribution is 2.22. The number of nitrogens with one attached hydrogen (secondary N) is 1. The van der Waals surface area contributed by atoms with E-state index in [2.05, 4.69) is 35.0 Å². The average molecular weight is 289 g/mol. The highest BCUT2D eigenvalue weighted by molar-refractivity contribution is 7.17. The molecule has 0 atom stereocenters. The predicted molar refractivity (Wildman–Crippen MR) is 86.6 cm³/mol. The molecule has 1 fully saturated rings. The second-order valence-corrected chi connectivity index (χ2v) is 6.58. The van der Waals surface area contributed by atoms with Crippen molar-refractivity contribution in [2.75, 3.05) is 26.3 Å². The molecule has 0 spiro atoms. The lowest BCUT2D eigenvalue weighted by atomic mass is 9.95. The number of hydrogen-bond acceptors (Lipinski definition) is 3. The van der Waals surface area contributed by atoms with Crippen LogP contribution >= 0.6 is 11.3 Å². The fraction of sp³-hybridized carbons (Fsp3) is 0.529. The average Bonchev–Trinajstić information content (AvgIpc) is 2.95. The zero-order valence-electron chi connectivity index (χ0n) is 11.9. The Kier molecular flexibility index (Phi) is 5.06. The molecule has 3 rings (SSSR count). The molecule has 0 saturated carbocycles. The van der Waals surface area contributed by atoms with Crippen LogP contribution in [0.25, 0.3) is 10.1 Å². The summed E-state index contributed by atoms with van der Waals surface area (Å²) in [5.41, 5.74) is 1.39. The maximum absolute atomic E-state index is 5.82. The van der Waals surface area contributed by atoms with E-state index >= 15 is 0 Å². The monoisotopic (exact) mass is 289 g/mol. The number of benzene rings is 1. The van der Waals surface area contributed by atoms with Crippen LogP contribution in [0.5, 0.6) is 0 Å². The summed E-state index contributed by atoms with van der Waals surface area (Å²) in [6.07, 6.45) is 4.89. The van der Waals surface area contributed by atoms with E-state index in [0.717, 1.165) is 25.6 Å². The fourth-order valence-electron chi connectivity index (χ4n) is 2.88. The Morgan fingerprint density at radius 2 is 2.05 bits per heavy atom. The summed E-state index contributed by atoms with van der Waals surface area (Å²) < 4.78 is 7.19. The molecule has 2 aromatic rings. The molecule has 1 saturated heterocycles. The van der Waals surface area contributed by atoms with Crippen molar-refractivity contribution in [1.82, 2.24) is 5.32 Å². The van der Waals surface area contributed by atoms with Gasteiger partial charge in [-0.25, -0.2) is 0 Å². The molecule has 0 radical (unpaired) electrons. The molecule has 0 amide bonds. The second-order valence-electron chi connectivity index (χ2n) is 5.64. The van der Waals surface area contributed by atoms with Crippen molar-refractivity contribution in [3.63, 3.8) is 0 Å². The van der Waals surface area contributed by atoms with Gasteiger partial charge in [0.1, 0.15) is 0 Å². The van der Waals surface area contributed by atoms with E-state index in [4.69, 9.17) is 4.74 Å². The Labute approximate surface area is 125 Å². The highest BCUT2D eigenvalue weighted by Gasteiger charge is 2.12. The maximum atomic E-state index is 5.82. The molecule has 1 aliphatic rings. The molecule has 2 heterocycles. The number of piperidine rings is 1. The highest BCUT2D eigenvalue weighted by atomic mass is 32.1. The van der Waals surface area contributed by atoms with Gasteiger partial charge in [-0.1, -0.05) is 12.1 Å². The van der Waals surface area contributed by atoms with E-state index in [1.54, 1.807) is 0 Å². The van der Waals surface area contributed by atoms with E-state index in [1.165, 1.54) is 48.0 Å². The van der Waals surface area contributed by atoms with Gasteiger partial charge in [-0.05, 0) is 73.2 Å². The summed E-state index contributed by atoms with van der Waals surface area (Å²) in [7, 11) is 0. The Morgan fingerprint density at radius 1 is 1.15 bits per heavy atom. The molecule has 3 heteroatoms. The van der Waals surface area contributed by atoms with Gasteiger partial charge in [0.05, 0.1) is 6.61 Å². The zero-order valence-corrected chi connectivity index (χ0v) is 12.8. The first-order valence-electron chi connectivity index (χ1n) is 7.66. The molecular weight excluding hydrogens is 266 g/mol. The van der Waals surface area contributed by atoms with E-state index in [-0.39, 0.29) is 0 Å². The van der Waals surface area contributed by atoms with E-state index in [9.17, 15) is 0 Å². The minimum atomic E-state index is 0.848. The van der Waals surface area contributed by atoms with Crippen LogP contribution < -0.4 is 5.32 Å². The molecule has 1 aromatic heterocycles. The summed E-state index contributed by atoms with van der Waals surface area (Å²) >= 11 is 1.81. The fourth-order valence-corrected chi connectivity index (χ4v) is 3.66. The summed E-state index contributed by atoms with van der Waals surface area (Å²) in [4.78, 5) is 0. The third-order valence-electron chi connectivity index (χ3n) is 4.18. The number of rotatable bonds is 6. The van der Waals surface area contributed by atoms with Gasteiger partial charge >= 0.3 is 0 Å².